The maximum atomic E-state index is 12.8. The molecule has 0 aliphatic carbocycles. The molecular weight excluding hydrogens is 410 g/mol. The number of hydrogen-bond acceptors (Lipinski definition) is 7. The van der Waals surface area contributed by atoms with E-state index in [0.717, 1.165) is 30.0 Å². The van der Waals surface area contributed by atoms with E-state index in [1.54, 1.807) is 28.9 Å². The highest BCUT2D eigenvalue weighted by Crippen LogP contribution is 2.30. The largest absolute Gasteiger partial charge is 0.471 e. The van der Waals surface area contributed by atoms with E-state index in [9.17, 15) is 4.79 Å². The number of hydrogen-bond donors (Lipinski definition) is 0. The quantitative estimate of drug-likeness (QED) is 0.468. The van der Waals surface area contributed by atoms with Gasteiger partial charge in [0.05, 0.1) is 18.3 Å². The van der Waals surface area contributed by atoms with Gasteiger partial charge in [-0.05, 0) is 19.9 Å². The Labute approximate surface area is 184 Å². The van der Waals surface area contributed by atoms with Crippen LogP contribution in [0.5, 0.6) is 5.88 Å². The summed E-state index contributed by atoms with van der Waals surface area (Å²) in [7, 11) is 3.69. The zero-order valence-electron chi connectivity index (χ0n) is 18.6. The molecule has 1 fully saturated rings. The molecule has 0 N–H and O–H groups in total. The summed E-state index contributed by atoms with van der Waals surface area (Å²) in [4.78, 5) is 28.1. The average molecular weight is 435 g/mol. The van der Waals surface area contributed by atoms with Crippen LogP contribution in [0, 0.1) is 6.92 Å². The van der Waals surface area contributed by atoms with Crippen LogP contribution >= 0.6 is 0 Å². The van der Waals surface area contributed by atoms with Gasteiger partial charge in [0.15, 0.2) is 11.2 Å². The van der Waals surface area contributed by atoms with E-state index in [-0.39, 0.29) is 12.0 Å². The number of ether oxygens (including phenoxy) is 1. The molecule has 0 saturated carbocycles. The summed E-state index contributed by atoms with van der Waals surface area (Å²) in [5.74, 6) is 1.15. The highest BCUT2D eigenvalue weighted by Gasteiger charge is 2.30. The topological polar surface area (TPSA) is 109 Å². The molecular formula is C21H25N9O2. The number of nitrogens with zero attached hydrogens (tertiary/aromatic N) is 9. The van der Waals surface area contributed by atoms with Crippen LogP contribution in [0.25, 0.3) is 22.6 Å². The molecule has 11 nitrogen and oxygen atoms in total. The van der Waals surface area contributed by atoms with Gasteiger partial charge in [-0.15, -0.1) is 0 Å². The Kier molecular flexibility index (Phi) is 4.87. The number of rotatable bonds is 5. The predicted octanol–water partition coefficient (Wildman–Crippen LogP) is 1.58. The number of fused-ring (bicyclic) bond motifs is 1. The summed E-state index contributed by atoms with van der Waals surface area (Å²) in [6.07, 6.45) is 5.49. The number of carbonyl (C=O) groups excluding carboxylic acids is 1. The van der Waals surface area contributed by atoms with Crippen molar-refractivity contribution >= 4 is 17.1 Å². The van der Waals surface area contributed by atoms with E-state index < -0.39 is 0 Å². The van der Waals surface area contributed by atoms with E-state index in [1.165, 1.54) is 6.33 Å². The standard InChI is InChI=1S/C21H25N9O2/c1-5-30-13(2)15(10-25-30)18-26-17-19(27(18)3)22-12-23-20(17)32-14-7-9-29(11-14)21(31)16-6-8-24-28(16)4/h6,8,10,12,14H,5,7,9,11H2,1-4H3. The van der Waals surface area contributed by atoms with Crippen LogP contribution in [0.15, 0.2) is 24.8 Å². The summed E-state index contributed by atoms with van der Waals surface area (Å²) in [5, 5.41) is 8.52. The van der Waals surface area contributed by atoms with E-state index >= 15 is 0 Å². The molecule has 1 saturated heterocycles. The van der Waals surface area contributed by atoms with Crippen LogP contribution < -0.4 is 4.74 Å². The van der Waals surface area contributed by atoms with Crippen LogP contribution in [0.3, 0.4) is 0 Å². The third-order valence-corrected chi connectivity index (χ3v) is 6.02. The van der Waals surface area contributed by atoms with Gasteiger partial charge >= 0.3 is 0 Å². The number of likely N-dealkylation sites (tertiary alicyclic amines) is 1. The molecule has 0 aromatic carbocycles. The second-order valence-corrected chi connectivity index (χ2v) is 7.92. The lowest BCUT2D eigenvalue weighted by Gasteiger charge is -2.17. The van der Waals surface area contributed by atoms with Crippen molar-refractivity contribution in [1.82, 2.24) is 44.0 Å². The van der Waals surface area contributed by atoms with Gasteiger partial charge in [0, 0.05) is 45.5 Å². The van der Waals surface area contributed by atoms with Crippen LogP contribution in [0.2, 0.25) is 0 Å². The van der Waals surface area contributed by atoms with Gasteiger partial charge < -0.3 is 14.2 Å². The molecule has 0 bridgehead atoms. The monoisotopic (exact) mass is 435 g/mol. The van der Waals surface area contributed by atoms with Gasteiger partial charge in [-0.25, -0.2) is 9.97 Å². The Bertz CT molecular complexity index is 1300. The number of aryl methyl sites for hydroxylation is 3. The van der Waals surface area contributed by atoms with Gasteiger partial charge in [-0.2, -0.15) is 15.2 Å². The van der Waals surface area contributed by atoms with E-state index in [0.29, 0.717) is 35.8 Å². The van der Waals surface area contributed by atoms with Crippen molar-refractivity contribution in [2.45, 2.75) is 32.9 Å². The molecule has 0 radical (unpaired) electrons. The molecule has 32 heavy (non-hydrogen) atoms. The zero-order chi connectivity index (χ0) is 22.4. The fraction of sp³-hybridized carbons (Fsp3) is 0.429. The predicted molar refractivity (Wildman–Crippen MR) is 116 cm³/mol. The number of aromatic nitrogens is 8. The van der Waals surface area contributed by atoms with Gasteiger partial charge in [0.1, 0.15) is 23.9 Å². The van der Waals surface area contributed by atoms with Crippen LogP contribution in [-0.4, -0.2) is 69.1 Å². The molecule has 5 rings (SSSR count). The van der Waals surface area contributed by atoms with E-state index in [2.05, 4.69) is 27.1 Å². The molecule has 1 atom stereocenters. The van der Waals surface area contributed by atoms with Gasteiger partial charge in [-0.3, -0.25) is 14.2 Å². The summed E-state index contributed by atoms with van der Waals surface area (Å²) in [6.45, 7) is 5.98. The minimum atomic E-state index is -0.166. The maximum Gasteiger partial charge on any atom is 0.272 e. The first-order valence-electron chi connectivity index (χ1n) is 10.6. The van der Waals surface area contributed by atoms with Gasteiger partial charge in [0.2, 0.25) is 5.88 Å². The minimum absolute atomic E-state index is 0.0486. The first-order chi connectivity index (χ1) is 15.5. The Hall–Kier alpha value is -3.76. The first kappa shape index (κ1) is 20.2. The zero-order valence-corrected chi connectivity index (χ0v) is 18.6. The third kappa shape index (κ3) is 3.20. The Balaban J connectivity index is 1.40. The number of amides is 1. The van der Waals surface area contributed by atoms with Gasteiger partial charge in [-0.1, -0.05) is 0 Å². The summed E-state index contributed by atoms with van der Waals surface area (Å²) in [5.41, 5.74) is 3.85. The second kappa shape index (κ2) is 7.74. The van der Waals surface area contributed by atoms with Crippen molar-refractivity contribution < 1.29 is 9.53 Å². The molecule has 1 aliphatic heterocycles. The van der Waals surface area contributed by atoms with Crippen LogP contribution in [0.1, 0.15) is 29.5 Å². The van der Waals surface area contributed by atoms with Crippen LogP contribution in [-0.2, 0) is 20.6 Å². The molecule has 1 aliphatic rings. The molecule has 5 heterocycles. The molecule has 4 aromatic rings. The third-order valence-electron chi connectivity index (χ3n) is 6.02. The van der Waals surface area contributed by atoms with Gasteiger partial charge in [0.25, 0.3) is 5.91 Å². The Morgan fingerprint density at radius 3 is 2.81 bits per heavy atom. The maximum absolute atomic E-state index is 12.8. The fourth-order valence-electron chi connectivity index (χ4n) is 4.20. The molecule has 4 aromatic heterocycles. The van der Waals surface area contributed by atoms with Crippen molar-refractivity contribution in [2.24, 2.45) is 14.1 Å². The lowest BCUT2D eigenvalue weighted by molar-refractivity contribution is 0.0760. The Morgan fingerprint density at radius 1 is 1.25 bits per heavy atom. The normalized spacial score (nSPS) is 16.2. The van der Waals surface area contributed by atoms with Crippen molar-refractivity contribution in [3.63, 3.8) is 0 Å². The van der Waals surface area contributed by atoms with Crippen LogP contribution in [0.4, 0.5) is 0 Å². The average Bonchev–Trinajstić information content (AvgIpc) is 3.56. The second-order valence-electron chi connectivity index (χ2n) is 7.92. The Morgan fingerprint density at radius 2 is 2.09 bits per heavy atom. The highest BCUT2D eigenvalue weighted by molar-refractivity contribution is 5.92. The van der Waals surface area contributed by atoms with E-state index in [1.807, 2.05) is 29.4 Å². The lowest BCUT2D eigenvalue weighted by atomic mass is 10.2. The van der Waals surface area contributed by atoms with Crippen molar-refractivity contribution in [1.29, 1.82) is 0 Å². The van der Waals surface area contributed by atoms with Crippen molar-refractivity contribution in [3.8, 4) is 17.3 Å². The highest BCUT2D eigenvalue weighted by atomic mass is 16.5. The lowest BCUT2D eigenvalue weighted by Crippen LogP contribution is -2.32. The van der Waals surface area contributed by atoms with Crippen molar-refractivity contribution in [2.75, 3.05) is 13.1 Å². The molecule has 1 amide bonds. The molecule has 0 spiro atoms. The van der Waals surface area contributed by atoms with Crippen molar-refractivity contribution in [3.05, 3.63) is 36.2 Å². The number of imidazole rings is 1. The first-order valence-corrected chi connectivity index (χ1v) is 10.6. The molecule has 166 valence electrons. The fourth-order valence-corrected chi connectivity index (χ4v) is 4.20. The summed E-state index contributed by atoms with van der Waals surface area (Å²) < 4.78 is 11.7. The minimum Gasteiger partial charge on any atom is -0.471 e. The summed E-state index contributed by atoms with van der Waals surface area (Å²) >= 11 is 0. The molecule has 1 unspecified atom stereocenters. The van der Waals surface area contributed by atoms with E-state index in [4.69, 9.17) is 9.72 Å². The smallest absolute Gasteiger partial charge is 0.272 e. The number of carbonyl (C=O) groups is 1. The molecule has 11 heteroatoms. The SMILES string of the molecule is CCn1ncc(-c2nc3c(OC4CCN(C(=O)c5ccnn5C)C4)ncnc3n2C)c1C. The summed E-state index contributed by atoms with van der Waals surface area (Å²) in [6, 6.07) is 1.72.